The van der Waals surface area contributed by atoms with E-state index in [1.54, 1.807) is 0 Å². The Labute approximate surface area is 536 Å². The molecular formula is C61H69O34+. The second-order valence-electron chi connectivity index (χ2n) is 21.9. The third kappa shape index (κ3) is 16.5. The van der Waals surface area contributed by atoms with E-state index in [4.69, 9.17) is 71.4 Å². The van der Waals surface area contributed by atoms with E-state index in [9.17, 15) is 95.8 Å². The second-order valence-corrected chi connectivity index (χ2v) is 21.9. The predicted octanol–water partition coefficient (Wildman–Crippen LogP) is -2.95. The van der Waals surface area contributed by atoms with E-state index in [0.717, 1.165) is 36.4 Å². The Kier molecular flexibility index (Phi) is 22.9. The smallest absolute Gasteiger partial charge is 0.331 e. The summed E-state index contributed by atoms with van der Waals surface area (Å²) >= 11 is 0. The number of methoxy groups -OCH3 is 2. The quantitative estimate of drug-likeness (QED) is 0.00882. The number of ether oxygens (including phenoxy) is 14. The number of aliphatic carboxylic acids is 1. The largest absolute Gasteiger partial charge is 0.571 e. The maximum absolute atomic E-state index is 13.6. The van der Waals surface area contributed by atoms with E-state index >= 15 is 0 Å². The summed E-state index contributed by atoms with van der Waals surface area (Å²) in [4.78, 5) is 50.1. The molecule has 4 aromatic rings. The van der Waals surface area contributed by atoms with Gasteiger partial charge in [-0.1, -0.05) is 12.1 Å². The molecule has 95 heavy (non-hydrogen) atoms. The SMILES string of the molecule is COc1cc(/C=C/C(=O)O[C@@H]2[C@@H](O[C@@H]3[C@@H](OC4=Cc5c(O[C@H]6O[C@@H](COC(=O)CC(=O)O)[C@@H](O)[C@H](O)[C@H]6O)cc(O)cc5[OH+]C4c4ccc(O)c(O)c4)O[C@@H](COC(=O)/C=C/c4ccc(O[C@@H]5O[C@@H](CO)[C@@H](O)[C@H](O)[C@@H]5O)cc4)[C@H](O)[C@@H]3O)OC[C@@H](O)[C@H]2O)cc(OC)c1O. The Morgan fingerprint density at radius 3 is 1.82 bits per heavy atom. The summed E-state index contributed by atoms with van der Waals surface area (Å²) in [5.74, 6) is -8.07. The first-order valence-electron chi connectivity index (χ1n) is 28.9. The normalized spacial score (nSPS) is 31.4. The van der Waals surface area contributed by atoms with Crippen LogP contribution < -0.4 is 18.9 Å². The minimum absolute atomic E-state index is 0.0329. The molecule has 4 fully saturated rings. The summed E-state index contributed by atoms with van der Waals surface area (Å²) in [5.41, 5.74) is 0.508. The third-order valence-electron chi connectivity index (χ3n) is 15.4. The molecular weight excluding hydrogens is 1280 g/mol. The van der Waals surface area contributed by atoms with Crippen LogP contribution in [0.4, 0.5) is 0 Å². The third-order valence-corrected chi connectivity index (χ3v) is 15.4. The van der Waals surface area contributed by atoms with Crippen LogP contribution in [0.15, 0.2) is 84.6 Å². The van der Waals surface area contributed by atoms with Crippen molar-refractivity contribution in [3.63, 3.8) is 0 Å². The van der Waals surface area contributed by atoms with E-state index in [0.29, 0.717) is 5.56 Å². The van der Waals surface area contributed by atoms with Gasteiger partial charge in [0, 0.05) is 24.3 Å². The number of hydrogen-bond donors (Lipinski definition) is 16. The molecule has 0 aromatic heterocycles. The molecule has 9 rings (SSSR count). The zero-order valence-corrected chi connectivity index (χ0v) is 49.9. The number of carbonyl (C=O) groups is 4. The molecule has 1 unspecified atom stereocenters. The summed E-state index contributed by atoms with van der Waals surface area (Å²) in [6.45, 7) is -3.10. The first-order valence-corrected chi connectivity index (χ1v) is 28.9. The first kappa shape index (κ1) is 70.7. The van der Waals surface area contributed by atoms with Crippen molar-refractivity contribution in [3.8, 4) is 51.7 Å². The van der Waals surface area contributed by atoms with E-state index in [2.05, 4.69) is 0 Å². The van der Waals surface area contributed by atoms with Gasteiger partial charge in [0.1, 0.15) is 122 Å². The van der Waals surface area contributed by atoms with Gasteiger partial charge in [0.15, 0.2) is 47.3 Å². The van der Waals surface area contributed by atoms with Crippen molar-refractivity contribution >= 4 is 42.1 Å². The zero-order chi connectivity index (χ0) is 68.7. The number of phenols is 4. The molecule has 4 aromatic carbocycles. The molecule has 0 saturated carbocycles. The fraction of sp³-hybridized carbons (Fsp3) is 0.443. The Hall–Kier alpha value is -8.66. The number of carboxylic acid groups (broad SMARTS) is 1. The highest BCUT2D eigenvalue weighted by Gasteiger charge is 2.53. The van der Waals surface area contributed by atoms with Crippen LogP contribution in [-0.4, -0.2) is 268 Å². The highest BCUT2D eigenvalue weighted by Crippen LogP contribution is 2.48. The molecule has 20 atom stereocenters. The first-order chi connectivity index (χ1) is 45.2. The van der Waals surface area contributed by atoms with Crippen LogP contribution in [0.25, 0.3) is 18.2 Å². The van der Waals surface area contributed by atoms with Crippen LogP contribution in [0.2, 0.25) is 0 Å². The Balaban J connectivity index is 1.02. The topological polar surface area (TPSA) is 525 Å². The monoisotopic (exact) mass is 1350 g/mol. The number of aromatic hydroxyl groups is 5. The molecule has 5 aliphatic rings. The fourth-order valence-electron chi connectivity index (χ4n) is 10.3. The number of carboxylic acids is 1. The number of hydrogen-bond acceptors (Lipinski definition) is 32. The van der Waals surface area contributed by atoms with Crippen molar-refractivity contribution in [2.45, 2.75) is 129 Å². The van der Waals surface area contributed by atoms with Crippen LogP contribution in [0.1, 0.15) is 34.8 Å². The molecule has 17 N–H and O–H groups in total. The molecule has 0 amide bonds. The van der Waals surface area contributed by atoms with Crippen molar-refractivity contribution < 1.29 is 167 Å². The lowest BCUT2D eigenvalue weighted by Crippen LogP contribution is -2.63. The molecule has 34 heteroatoms. The van der Waals surface area contributed by atoms with Gasteiger partial charge in [-0.05, 0) is 65.7 Å². The van der Waals surface area contributed by atoms with Crippen molar-refractivity contribution in [2.75, 3.05) is 40.6 Å². The summed E-state index contributed by atoms with van der Waals surface area (Å²) < 4.78 is 78.5. The average Bonchev–Trinajstić information content (AvgIpc) is 0.766. The highest BCUT2D eigenvalue weighted by molar-refractivity contribution is 5.90. The number of benzene rings is 4. The van der Waals surface area contributed by atoms with Crippen LogP contribution in [0.3, 0.4) is 0 Å². The Morgan fingerprint density at radius 1 is 0.579 bits per heavy atom. The maximum atomic E-state index is 13.6. The number of phenolic OH excluding ortho intramolecular Hbond substituents is 4. The van der Waals surface area contributed by atoms with Gasteiger partial charge in [0.2, 0.25) is 24.6 Å². The Morgan fingerprint density at radius 2 is 1.18 bits per heavy atom. The number of fused-ring (bicyclic) bond motifs is 1. The van der Waals surface area contributed by atoms with E-state index in [1.165, 1.54) is 74.9 Å². The van der Waals surface area contributed by atoms with Gasteiger partial charge in [-0.2, -0.15) is 0 Å². The lowest BCUT2D eigenvalue weighted by Gasteiger charge is -2.45. The number of aliphatic hydroxyl groups is 12. The summed E-state index contributed by atoms with van der Waals surface area (Å²) in [5, 5.41) is 171. The highest BCUT2D eigenvalue weighted by atomic mass is 16.8. The lowest BCUT2D eigenvalue weighted by molar-refractivity contribution is -0.353. The van der Waals surface area contributed by atoms with Gasteiger partial charge in [-0.25, -0.2) is 9.59 Å². The van der Waals surface area contributed by atoms with E-state index < -0.39 is 203 Å². The maximum Gasteiger partial charge on any atom is 0.331 e. The van der Waals surface area contributed by atoms with Crippen LogP contribution in [-0.2, 0) is 61.8 Å². The second kappa shape index (κ2) is 30.8. The Bertz CT molecular complexity index is 3420. The van der Waals surface area contributed by atoms with Crippen LogP contribution in [0, 0.1) is 0 Å². The predicted molar refractivity (Wildman–Crippen MR) is 310 cm³/mol. The van der Waals surface area contributed by atoms with Gasteiger partial charge in [0.25, 0.3) is 11.9 Å². The molecule has 34 nitrogen and oxygen atoms in total. The van der Waals surface area contributed by atoms with Gasteiger partial charge in [-0.3, -0.25) is 9.59 Å². The molecule has 516 valence electrons. The summed E-state index contributed by atoms with van der Waals surface area (Å²) in [6, 6.07) is 13.9. The average molecular weight is 1350 g/mol. The number of carbonyl (C=O) groups excluding carboxylic acids is 3. The van der Waals surface area contributed by atoms with Crippen molar-refractivity contribution in [1.82, 2.24) is 0 Å². The minimum atomic E-state index is -2.21. The van der Waals surface area contributed by atoms with Gasteiger partial charge in [-0.15, -0.1) is 0 Å². The van der Waals surface area contributed by atoms with E-state index in [1.807, 2.05) is 0 Å². The van der Waals surface area contributed by atoms with Crippen molar-refractivity contribution in [2.24, 2.45) is 0 Å². The number of esters is 3. The van der Waals surface area contributed by atoms with Gasteiger partial charge in [0.05, 0.1) is 39.1 Å². The van der Waals surface area contributed by atoms with Crippen molar-refractivity contribution in [1.29, 1.82) is 0 Å². The van der Waals surface area contributed by atoms with Gasteiger partial charge >= 0.3 is 23.9 Å². The molecule has 0 bridgehead atoms. The molecule has 5 aliphatic heterocycles. The van der Waals surface area contributed by atoms with Crippen LogP contribution >= 0.6 is 0 Å². The number of aliphatic hydroxyl groups excluding tert-OH is 11. The van der Waals surface area contributed by atoms with Gasteiger partial charge < -0.3 is 148 Å². The minimum Gasteiger partial charge on any atom is -0.571 e. The molecule has 4 saturated heterocycles. The fourth-order valence-corrected chi connectivity index (χ4v) is 10.3. The van der Waals surface area contributed by atoms with Crippen LogP contribution in [0.5, 0.6) is 51.7 Å². The van der Waals surface area contributed by atoms with E-state index in [-0.39, 0.29) is 51.2 Å². The molecule has 0 spiro atoms. The summed E-state index contributed by atoms with van der Waals surface area (Å²) in [7, 11) is 2.54. The summed E-state index contributed by atoms with van der Waals surface area (Å²) in [6.07, 6.45) is -32.4. The zero-order valence-electron chi connectivity index (χ0n) is 49.9. The lowest BCUT2D eigenvalue weighted by atomic mass is 9.97. The number of rotatable bonds is 23. The molecule has 0 radical (unpaired) electrons. The van der Waals surface area contributed by atoms with Crippen molar-refractivity contribution in [3.05, 3.63) is 107 Å². The molecule has 0 aliphatic carbocycles. The molecule has 5 heterocycles. The standard InChI is InChI=1S/C61H68O34/c1-82-35-13-25(14-36(83-2)46(35)73)6-12-43(70)94-56-45(72)32(66)21-86-60(56)95-57-52(79)49(76)40(22-84-42(69)11-5-24-3-8-28(9-4-24)87-58-53(80)50(77)47(74)38(20-62)91-58)93-61(57)90-37-18-29-33(88-55(37)26-7-10-30(64)31(65)15-26)16-27(63)17-34(29)89-59-54(81)51(78)48(75)39(92-59)23-85-44(71)19-41(67)68/h3-18,32,38-40,45,47-66,72-81H,19-23H2,1-2H3,(H,67,68)/p+1/b11-5+,12-6+/t32-,38+,39+,40+,45-,47-,48-,49+,50+,51+,52+,53+,54-,55?,56+,57+,58-,59+,60-,61+/m1/s1.